The first-order valence-electron chi connectivity index (χ1n) is 6.71. The van der Waals surface area contributed by atoms with E-state index in [4.69, 9.17) is 5.11 Å². The molecule has 0 saturated carbocycles. The number of hydrogen-bond donors (Lipinski definition) is 1. The van der Waals surface area contributed by atoms with E-state index in [1.165, 1.54) is 13.1 Å². The van der Waals surface area contributed by atoms with Gasteiger partial charge in [-0.2, -0.15) is 4.31 Å². The van der Waals surface area contributed by atoms with E-state index in [-0.39, 0.29) is 29.3 Å². The maximum Gasteiger partial charge on any atom is 0.252 e. The quantitative estimate of drug-likeness (QED) is 0.769. The molecule has 0 spiro atoms. The molecule has 0 aliphatic carbocycles. The number of hydrogen-bond acceptors (Lipinski definition) is 5. The van der Waals surface area contributed by atoms with Gasteiger partial charge in [-0.25, -0.2) is 8.42 Å². The van der Waals surface area contributed by atoms with Crippen molar-refractivity contribution in [3.8, 4) is 0 Å². The van der Waals surface area contributed by atoms with Crippen LogP contribution >= 0.6 is 11.3 Å². The van der Waals surface area contributed by atoms with Crippen LogP contribution in [0.15, 0.2) is 21.7 Å². The lowest BCUT2D eigenvalue weighted by molar-refractivity contribution is -0.133. The van der Waals surface area contributed by atoms with E-state index in [0.29, 0.717) is 13.0 Å². The van der Waals surface area contributed by atoms with Crippen LogP contribution < -0.4 is 0 Å². The predicted octanol–water partition coefficient (Wildman–Crippen LogP) is 0.988. The summed E-state index contributed by atoms with van der Waals surface area (Å²) in [6.45, 7) is 3.94. The highest BCUT2D eigenvalue weighted by molar-refractivity contribution is 7.91. The summed E-state index contributed by atoms with van der Waals surface area (Å²) in [6, 6.07) is 3.14. The Bertz CT molecular complexity index is 541. The van der Waals surface area contributed by atoms with Gasteiger partial charge >= 0.3 is 0 Å². The van der Waals surface area contributed by atoms with E-state index in [1.807, 2.05) is 13.8 Å². The maximum absolute atomic E-state index is 12.3. The van der Waals surface area contributed by atoms with Gasteiger partial charge in [-0.05, 0) is 31.7 Å². The van der Waals surface area contributed by atoms with E-state index >= 15 is 0 Å². The smallest absolute Gasteiger partial charge is 0.252 e. The van der Waals surface area contributed by atoms with Crippen molar-refractivity contribution < 1.29 is 18.3 Å². The highest BCUT2D eigenvalue weighted by atomic mass is 32.2. The number of carbonyl (C=O) groups is 1. The molecule has 0 radical (unpaired) electrons. The molecule has 0 aliphatic rings. The Morgan fingerprint density at radius 1 is 1.43 bits per heavy atom. The van der Waals surface area contributed by atoms with Gasteiger partial charge in [-0.3, -0.25) is 4.79 Å². The van der Waals surface area contributed by atoms with Crippen LogP contribution in [0.4, 0.5) is 0 Å². The zero-order valence-electron chi connectivity index (χ0n) is 12.5. The minimum Gasteiger partial charge on any atom is -0.396 e. The summed E-state index contributed by atoms with van der Waals surface area (Å²) in [5, 5.41) is 10.6. The van der Waals surface area contributed by atoms with Crippen molar-refractivity contribution >= 4 is 27.3 Å². The highest BCUT2D eigenvalue weighted by Gasteiger charge is 2.26. The number of aliphatic hydroxyl groups excluding tert-OH is 1. The van der Waals surface area contributed by atoms with Gasteiger partial charge in [0.15, 0.2) is 0 Å². The fourth-order valence-corrected chi connectivity index (χ4v) is 4.16. The standard InChI is InChI=1S/C13H22N2O4S2/c1-11(2)15(7-5-8-16)12(17)10-14(3)21(18,19)13-6-4-9-20-13/h4,6,9,11,16H,5,7-8,10H2,1-3H3. The Labute approximate surface area is 130 Å². The second kappa shape index (κ2) is 7.88. The average molecular weight is 334 g/mol. The third kappa shape index (κ3) is 4.77. The first-order chi connectivity index (χ1) is 9.80. The van der Waals surface area contributed by atoms with Crippen LogP contribution in [0.3, 0.4) is 0 Å². The van der Waals surface area contributed by atoms with Gasteiger partial charge in [0.05, 0.1) is 6.54 Å². The SMILES string of the molecule is CC(C)N(CCCO)C(=O)CN(C)S(=O)(=O)c1cccs1. The van der Waals surface area contributed by atoms with Crippen molar-refractivity contribution in [2.24, 2.45) is 0 Å². The molecule has 21 heavy (non-hydrogen) atoms. The van der Waals surface area contributed by atoms with Gasteiger partial charge in [0, 0.05) is 26.2 Å². The summed E-state index contributed by atoms with van der Waals surface area (Å²) < 4.78 is 25.8. The molecule has 1 aromatic rings. The molecule has 1 rings (SSSR count). The molecule has 0 saturated heterocycles. The molecule has 6 nitrogen and oxygen atoms in total. The van der Waals surface area contributed by atoms with E-state index in [9.17, 15) is 13.2 Å². The molecule has 0 unspecified atom stereocenters. The van der Waals surface area contributed by atoms with Crippen molar-refractivity contribution in [1.82, 2.24) is 9.21 Å². The third-order valence-electron chi connectivity index (χ3n) is 3.02. The Morgan fingerprint density at radius 3 is 2.57 bits per heavy atom. The van der Waals surface area contributed by atoms with Crippen molar-refractivity contribution in [1.29, 1.82) is 0 Å². The van der Waals surface area contributed by atoms with Crippen LogP contribution in [0.25, 0.3) is 0 Å². The van der Waals surface area contributed by atoms with E-state index < -0.39 is 10.0 Å². The van der Waals surface area contributed by atoms with Crippen molar-refractivity contribution in [3.05, 3.63) is 17.5 Å². The number of rotatable bonds is 8. The maximum atomic E-state index is 12.3. The third-order valence-corrected chi connectivity index (χ3v) is 6.19. The molecule has 8 heteroatoms. The average Bonchev–Trinajstić information content (AvgIpc) is 2.93. The molecule has 1 aromatic heterocycles. The van der Waals surface area contributed by atoms with Gasteiger partial charge in [0.25, 0.3) is 10.0 Å². The van der Waals surface area contributed by atoms with Gasteiger partial charge in [0.2, 0.25) is 5.91 Å². The molecular formula is C13H22N2O4S2. The van der Waals surface area contributed by atoms with E-state index in [0.717, 1.165) is 15.6 Å². The van der Waals surface area contributed by atoms with Crippen molar-refractivity contribution in [2.45, 2.75) is 30.5 Å². The summed E-state index contributed by atoms with van der Waals surface area (Å²) in [4.78, 5) is 13.8. The van der Waals surface area contributed by atoms with Crippen LogP contribution in [-0.2, 0) is 14.8 Å². The number of thiophene rings is 1. The fraction of sp³-hybridized carbons (Fsp3) is 0.615. The van der Waals surface area contributed by atoms with E-state index in [1.54, 1.807) is 16.3 Å². The minimum absolute atomic E-state index is 0.000165. The van der Waals surface area contributed by atoms with Crippen LogP contribution in [0.5, 0.6) is 0 Å². The lowest BCUT2D eigenvalue weighted by Gasteiger charge is -2.28. The molecule has 0 fully saturated rings. The molecule has 1 N–H and O–H groups in total. The van der Waals surface area contributed by atoms with Crippen LogP contribution in [0, 0.1) is 0 Å². The van der Waals surface area contributed by atoms with Gasteiger partial charge < -0.3 is 10.0 Å². The molecular weight excluding hydrogens is 312 g/mol. The Morgan fingerprint density at radius 2 is 2.10 bits per heavy atom. The second-order valence-electron chi connectivity index (χ2n) is 4.95. The molecule has 0 aliphatic heterocycles. The van der Waals surface area contributed by atoms with E-state index in [2.05, 4.69) is 0 Å². The molecule has 1 amide bonds. The zero-order chi connectivity index (χ0) is 16.0. The highest BCUT2D eigenvalue weighted by Crippen LogP contribution is 2.19. The molecule has 0 atom stereocenters. The number of likely N-dealkylation sites (N-methyl/N-ethyl adjacent to an activating group) is 1. The summed E-state index contributed by atoms with van der Waals surface area (Å²) >= 11 is 1.13. The molecule has 0 aromatic carbocycles. The largest absolute Gasteiger partial charge is 0.396 e. The Balaban J connectivity index is 2.76. The summed E-state index contributed by atoms with van der Waals surface area (Å²) in [5.41, 5.74) is 0. The summed E-state index contributed by atoms with van der Waals surface area (Å²) in [6.07, 6.45) is 0.477. The number of nitrogens with zero attached hydrogens (tertiary/aromatic N) is 2. The summed E-state index contributed by atoms with van der Waals surface area (Å²) in [5.74, 6) is -0.263. The number of aliphatic hydroxyl groups is 1. The predicted molar refractivity (Wildman–Crippen MR) is 82.7 cm³/mol. The number of carbonyl (C=O) groups excluding carboxylic acids is 1. The van der Waals surface area contributed by atoms with Crippen LogP contribution in [0.2, 0.25) is 0 Å². The van der Waals surface area contributed by atoms with Gasteiger partial charge in [-0.1, -0.05) is 6.07 Å². The fourth-order valence-electron chi connectivity index (χ4n) is 1.84. The lowest BCUT2D eigenvalue weighted by atomic mass is 10.3. The van der Waals surface area contributed by atoms with Gasteiger partial charge in [-0.15, -0.1) is 11.3 Å². The van der Waals surface area contributed by atoms with Crippen molar-refractivity contribution in [2.75, 3.05) is 26.7 Å². The normalized spacial score (nSPS) is 12.1. The monoisotopic (exact) mass is 334 g/mol. The lowest BCUT2D eigenvalue weighted by Crippen LogP contribution is -2.44. The Kier molecular flexibility index (Phi) is 6.79. The topological polar surface area (TPSA) is 77.9 Å². The second-order valence-corrected chi connectivity index (χ2v) is 8.17. The molecule has 0 bridgehead atoms. The number of amides is 1. The summed E-state index contributed by atoms with van der Waals surface area (Å²) in [7, 11) is -2.22. The molecule has 1 heterocycles. The van der Waals surface area contributed by atoms with Crippen LogP contribution in [0.1, 0.15) is 20.3 Å². The van der Waals surface area contributed by atoms with Crippen molar-refractivity contribution in [3.63, 3.8) is 0 Å². The molecule has 120 valence electrons. The van der Waals surface area contributed by atoms with Gasteiger partial charge in [0.1, 0.15) is 4.21 Å². The number of sulfonamides is 1. The Hall–Kier alpha value is -0.960. The minimum atomic E-state index is -3.62. The first kappa shape index (κ1) is 18.1. The first-order valence-corrected chi connectivity index (χ1v) is 9.02. The van der Waals surface area contributed by atoms with Crippen LogP contribution in [-0.4, -0.2) is 61.4 Å². The zero-order valence-corrected chi connectivity index (χ0v) is 14.2.